The molecule has 0 saturated carbocycles. The fourth-order valence-corrected chi connectivity index (χ4v) is 2.55. The van der Waals surface area contributed by atoms with Crippen molar-refractivity contribution >= 4 is 35.1 Å². The van der Waals surface area contributed by atoms with Crippen molar-refractivity contribution in [2.75, 3.05) is 20.1 Å². The Morgan fingerprint density at radius 1 is 0.960 bits per heavy atom. The van der Waals surface area contributed by atoms with E-state index in [1.807, 2.05) is 12.1 Å². The third-order valence-electron chi connectivity index (χ3n) is 3.51. The van der Waals surface area contributed by atoms with Gasteiger partial charge in [-0.1, -0.05) is 53.5 Å². The summed E-state index contributed by atoms with van der Waals surface area (Å²) in [5.74, 6) is -0.172. The van der Waals surface area contributed by atoms with Crippen LogP contribution < -0.4 is 10.6 Å². The van der Waals surface area contributed by atoms with Gasteiger partial charge in [-0.05, 0) is 23.8 Å². The van der Waals surface area contributed by atoms with E-state index in [9.17, 15) is 9.59 Å². The lowest BCUT2D eigenvalue weighted by molar-refractivity contribution is 0.0953. The second-order valence-corrected chi connectivity index (χ2v) is 6.21. The zero-order chi connectivity index (χ0) is 18.2. The molecule has 0 radical (unpaired) electrons. The molecule has 0 unspecified atom stereocenters. The molecule has 7 heteroatoms. The van der Waals surface area contributed by atoms with Crippen molar-refractivity contribution in [3.63, 3.8) is 0 Å². The fraction of sp³-hybridized carbons (Fsp3) is 0.222. The van der Waals surface area contributed by atoms with Gasteiger partial charge in [0.25, 0.3) is 5.91 Å². The molecular weight excluding hydrogens is 361 g/mol. The summed E-state index contributed by atoms with van der Waals surface area (Å²) in [4.78, 5) is 25.5. The van der Waals surface area contributed by atoms with Crippen LogP contribution in [0, 0.1) is 0 Å². The maximum absolute atomic E-state index is 12.1. The molecule has 25 heavy (non-hydrogen) atoms. The number of carbonyl (C=O) groups excluding carboxylic acids is 2. The zero-order valence-corrected chi connectivity index (χ0v) is 15.3. The van der Waals surface area contributed by atoms with Gasteiger partial charge >= 0.3 is 6.03 Å². The molecule has 0 aliphatic heterocycles. The van der Waals surface area contributed by atoms with Crippen LogP contribution in [-0.2, 0) is 6.54 Å². The number of nitrogens with one attached hydrogen (secondary N) is 2. The highest BCUT2D eigenvalue weighted by atomic mass is 35.5. The Balaban J connectivity index is 1.74. The number of benzene rings is 2. The molecular formula is C18H19Cl2N3O2. The van der Waals surface area contributed by atoms with Crippen LogP contribution in [0.15, 0.2) is 48.5 Å². The Bertz CT molecular complexity index is 738. The van der Waals surface area contributed by atoms with Gasteiger partial charge in [0, 0.05) is 32.2 Å². The van der Waals surface area contributed by atoms with Crippen molar-refractivity contribution in [2.45, 2.75) is 6.54 Å². The maximum Gasteiger partial charge on any atom is 0.317 e. The number of nitrogens with zero attached hydrogens (tertiary/aromatic N) is 1. The molecule has 0 aliphatic rings. The van der Waals surface area contributed by atoms with Crippen LogP contribution in [0.2, 0.25) is 10.0 Å². The molecule has 2 N–H and O–H groups in total. The van der Waals surface area contributed by atoms with Gasteiger partial charge in [-0.25, -0.2) is 4.79 Å². The predicted molar refractivity (Wildman–Crippen MR) is 100 cm³/mol. The van der Waals surface area contributed by atoms with Gasteiger partial charge in [-0.15, -0.1) is 0 Å². The summed E-state index contributed by atoms with van der Waals surface area (Å²) in [5.41, 5.74) is 1.35. The van der Waals surface area contributed by atoms with E-state index >= 15 is 0 Å². The third-order valence-corrected chi connectivity index (χ3v) is 4.37. The summed E-state index contributed by atoms with van der Waals surface area (Å²) in [6, 6.07) is 13.9. The highest BCUT2D eigenvalue weighted by Crippen LogP contribution is 2.26. The minimum atomic E-state index is -0.259. The molecule has 0 heterocycles. The van der Waals surface area contributed by atoms with Crippen LogP contribution in [0.3, 0.4) is 0 Å². The van der Waals surface area contributed by atoms with Crippen LogP contribution in [0.4, 0.5) is 4.79 Å². The van der Waals surface area contributed by atoms with Gasteiger partial charge in [0.15, 0.2) is 0 Å². The molecule has 2 aromatic rings. The highest BCUT2D eigenvalue weighted by Gasteiger charge is 2.12. The van der Waals surface area contributed by atoms with Crippen LogP contribution in [0.5, 0.6) is 0 Å². The Morgan fingerprint density at radius 3 is 2.36 bits per heavy atom. The number of hydrogen-bond acceptors (Lipinski definition) is 2. The van der Waals surface area contributed by atoms with E-state index in [0.717, 1.165) is 5.56 Å². The third kappa shape index (κ3) is 5.66. The molecule has 0 saturated heterocycles. The Morgan fingerprint density at radius 2 is 1.64 bits per heavy atom. The standard InChI is InChI=1S/C18H19Cl2N3O2/c1-23(12-14-8-5-9-15(19)16(14)20)18(25)22-11-10-21-17(24)13-6-3-2-4-7-13/h2-9H,10-12H2,1H3,(H,21,24)(H,22,25). The second-order valence-electron chi connectivity index (χ2n) is 5.42. The molecule has 3 amide bonds. The van der Waals surface area contributed by atoms with Crippen LogP contribution in [0.25, 0.3) is 0 Å². The van der Waals surface area contributed by atoms with E-state index in [1.54, 1.807) is 43.4 Å². The summed E-state index contributed by atoms with van der Waals surface area (Å²) in [6.45, 7) is 0.998. The lowest BCUT2D eigenvalue weighted by Crippen LogP contribution is -2.41. The van der Waals surface area contributed by atoms with Gasteiger partial charge in [0.2, 0.25) is 0 Å². The summed E-state index contributed by atoms with van der Waals surface area (Å²) in [5, 5.41) is 6.39. The van der Waals surface area contributed by atoms with Gasteiger partial charge in [0.05, 0.1) is 10.0 Å². The SMILES string of the molecule is CN(Cc1cccc(Cl)c1Cl)C(=O)NCCNC(=O)c1ccccc1. The Hall–Kier alpha value is -2.24. The van der Waals surface area contributed by atoms with E-state index in [-0.39, 0.29) is 11.9 Å². The summed E-state index contributed by atoms with van der Waals surface area (Å²) < 4.78 is 0. The van der Waals surface area contributed by atoms with E-state index in [1.165, 1.54) is 4.90 Å². The molecule has 0 bridgehead atoms. The first-order chi connectivity index (χ1) is 12.0. The van der Waals surface area contributed by atoms with Crippen LogP contribution in [0.1, 0.15) is 15.9 Å². The first-order valence-electron chi connectivity index (χ1n) is 7.74. The topological polar surface area (TPSA) is 61.4 Å². The van der Waals surface area contributed by atoms with Crippen molar-refractivity contribution in [1.82, 2.24) is 15.5 Å². The monoisotopic (exact) mass is 379 g/mol. The van der Waals surface area contributed by atoms with E-state index < -0.39 is 0 Å². The number of amides is 3. The molecule has 2 aromatic carbocycles. The number of carbonyl (C=O) groups is 2. The number of hydrogen-bond donors (Lipinski definition) is 2. The molecule has 0 spiro atoms. The molecule has 0 fully saturated rings. The number of rotatable bonds is 6. The average Bonchev–Trinajstić information content (AvgIpc) is 2.62. The van der Waals surface area contributed by atoms with Crippen molar-refractivity contribution in [3.8, 4) is 0 Å². The second kappa shape index (κ2) is 9.30. The minimum Gasteiger partial charge on any atom is -0.350 e. The number of halogens is 2. The summed E-state index contributed by atoms with van der Waals surface area (Å²) in [6.07, 6.45) is 0. The van der Waals surface area contributed by atoms with Crippen LogP contribution in [-0.4, -0.2) is 37.0 Å². The molecule has 132 valence electrons. The average molecular weight is 380 g/mol. The quantitative estimate of drug-likeness (QED) is 0.753. The van der Waals surface area contributed by atoms with Crippen molar-refractivity contribution in [3.05, 3.63) is 69.7 Å². The largest absolute Gasteiger partial charge is 0.350 e. The van der Waals surface area contributed by atoms with Gasteiger partial charge in [-0.3, -0.25) is 4.79 Å². The Kier molecular flexibility index (Phi) is 7.10. The van der Waals surface area contributed by atoms with Gasteiger partial charge < -0.3 is 15.5 Å². The van der Waals surface area contributed by atoms with Crippen molar-refractivity contribution in [1.29, 1.82) is 0 Å². The summed E-state index contributed by atoms with van der Waals surface area (Å²) >= 11 is 12.1. The normalized spacial score (nSPS) is 10.2. The predicted octanol–water partition coefficient (Wildman–Crippen LogP) is 3.56. The Labute approximate surface area is 156 Å². The zero-order valence-electron chi connectivity index (χ0n) is 13.8. The first kappa shape index (κ1) is 19.1. The summed E-state index contributed by atoms with van der Waals surface area (Å²) in [7, 11) is 1.66. The van der Waals surface area contributed by atoms with E-state index in [2.05, 4.69) is 10.6 Å². The smallest absolute Gasteiger partial charge is 0.317 e. The molecule has 2 rings (SSSR count). The molecule has 0 atom stereocenters. The van der Waals surface area contributed by atoms with Crippen molar-refractivity contribution in [2.24, 2.45) is 0 Å². The number of urea groups is 1. The maximum atomic E-state index is 12.1. The molecule has 0 aromatic heterocycles. The fourth-order valence-electron chi connectivity index (χ4n) is 2.17. The van der Waals surface area contributed by atoms with Gasteiger partial charge in [-0.2, -0.15) is 0 Å². The van der Waals surface area contributed by atoms with E-state index in [0.29, 0.717) is 35.2 Å². The highest BCUT2D eigenvalue weighted by molar-refractivity contribution is 6.42. The lowest BCUT2D eigenvalue weighted by Gasteiger charge is -2.19. The molecule has 0 aliphatic carbocycles. The van der Waals surface area contributed by atoms with Crippen molar-refractivity contribution < 1.29 is 9.59 Å². The van der Waals surface area contributed by atoms with E-state index in [4.69, 9.17) is 23.2 Å². The lowest BCUT2D eigenvalue weighted by atomic mass is 10.2. The first-order valence-corrected chi connectivity index (χ1v) is 8.49. The van der Waals surface area contributed by atoms with Gasteiger partial charge in [0.1, 0.15) is 0 Å². The molecule has 5 nitrogen and oxygen atoms in total. The van der Waals surface area contributed by atoms with Crippen LogP contribution >= 0.6 is 23.2 Å². The minimum absolute atomic E-state index is 0.172.